The molecule has 0 aliphatic carbocycles. The number of ether oxygens (including phenoxy) is 2. The Balaban J connectivity index is 1.97. The third kappa shape index (κ3) is 4.33. The van der Waals surface area contributed by atoms with E-state index < -0.39 is 16.0 Å². The van der Waals surface area contributed by atoms with Crippen LogP contribution in [0.1, 0.15) is 19.8 Å². The maximum atomic E-state index is 12.6. The van der Waals surface area contributed by atoms with Gasteiger partial charge >= 0.3 is 5.97 Å². The molecule has 0 unspecified atom stereocenters. The van der Waals surface area contributed by atoms with E-state index in [-0.39, 0.29) is 36.3 Å². The number of hydrogen-bond donors (Lipinski definition) is 0. The van der Waals surface area contributed by atoms with Crippen LogP contribution in [0.15, 0.2) is 29.2 Å². The molecule has 0 spiro atoms. The fourth-order valence-electron chi connectivity index (χ4n) is 2.52. The van der Waals surface area contributed by atoms with Gasteiger partial charge in [-0.2, -0.15) is 4.31 Å². The highest BCUT2D eigenvalue weighted by molar-refractivity contribution is 7.89. The first-order chi connectivity index (χ1) is 11.3. The number of carbonyl (C=O) groups is 2. The van der Waals surface area contributed by atoms with E-state index in [4.69, 9.17) is 9.47 Å². The van der Waals surface area contributed by atoms with E-state index in [9.17, 15) is 18.0 Å². The molecule has 8 heteroatoms. The van der Waals surface area contributed by atoms with E-state index in [1.165, 1.54) is 30.5 Å². The van der Waals surface area contributed by atoms with E-state index in [0.717, 1.165) is 0 Å². The maximum Gasteiger partial charge on any atom is 0.309 e. The molecule has 132 valence electrons. The van der Waals surface area contributed by atoms with Crippen LogP contribution in [-0.2, 0) is 24.3 Å². The Labute approximate surface area is 141 Å². The zero-order valence-electron chi connectivity index (χ0n) is 13.7. The van der Waals surface area contributed by atoms with Gasteiger partial charge in [0, 0.05) is 13.1 Å². The minimum absolute atomic E-state index is 0.195. The Morgan fingerprint density at radius 1 is 1.17 bits per heavy atom. The van der Waals surface area contributed by atoms with Crippen molar-refractivity contribution in [3.8, 4) is 5.75 Å². The predicted molar refractivity (Wildman–Crippen MR) is 86.1 cm³/mol. The second-order valence-corrected chi connectivity index (χ2v) is 7.60. The van der Waals surface area contributed by atoms with Gasteiger partial charge in [0.2, 0.25) is 10.0 Å². The summed E-state index contributed by atoms with van der Waals surface area (Å²) in [6.07, 6.45) is 0.762. The summed E-state index contributed by atoms with van der Waals surface area (Å²) in [6, 6.07) is 6.19. The van der Waals surface area contributed by atoms with Gasteiger partial charge in [0.15, 0.2) is 5.78 Å². The normalized spacial score (nSPS) is 16.6. The summed E-state index contributed by atoms with van der Waals surface area (Å²) < 4.78 is 36.5. The van der Waals surface area contributed by atoms with E-state index >= 15 is 0 Å². The van der Waals surface area contributed by atoms with Crippen molar-refractivity contribution in [2.75, 3.05) is 26.8 Å². The van der Waals surface area contributed by atoms with Crippen LogP contribution in [0.5, 0.6) is 5.75 Å². The number of Topliss-reactive ketones (excluding diaryl/α,β-unsaturated/α-hetero) is 1. The highest BCUT2D eigenvalue weighted by Crippen LogP contribution is 2.25. The second kappa shape index (κ2) is 7.76. The number of methoxy groups -OCH3 is 1. The van der Waals surface area contributed by atoms with Gasteiger partial charge in [-0.25, -0.2) is 8.42 Å². The van der Waals surface area contributed by atoms with Crippen LogP contribution in [0.2, 0.25) is 0 Å². The fourth-order valence-corrected chi connectivity index (χ4v) is 3.99. The van der Waals surface area contributed by atoms with Crippen molar-refractivity contribution in [2.45, 2.75) is 24.7 Å². The second-order valence-electron chi connectivity index (χ2n) is 5.66. The van der Waals surface area contributed by atoms with Gasteiger partial charge in [0.05, 0.1) is 17.9 Å². The Hall–Kier alpha value is -1.93. The van der Waals surface area contributed by atoms with E-state index in [0.29, 0.717) is 18.6 Å². The molecular formula is C16H21NO6S. The van der Waals surface area contributed by atoms with Gasteiger partial charge < -0.3 is 9.47 Å². The topological polar surface area (TPSA) is 90.0 Å². The van der Waals surface area contributed by atoms with Crippen molar-refractivity contribution in [3.05, 3.63) is 24.3 Å². The molecule has 2 rings (SSSR count). The lowest BCUT2D eigenvalue weighted by Crippen LogP contribution is -2.40. The number of hydrogen-bond acceptors (Lipinski definition) is 6. The molecule has 0 bridgehead atoms. The number of nitrogens with zero attached hydrogens (tertiary/aromatic N) is 1. The number of sulfonamides is 1. The first-order valence-electron chi connectivity index (χ1n) is 7.65. The first kappa shape index (κ1) is 18.4. The molecular weight excluding hydrogens is 334 g/mol. The van der Waals surface area contributed by atoms with Gasteiger partial charge in [-0.15, -0.1) is 0 Å². The summed E-state index contributed by atoms with van der Waals surface area (Å²) in [6.45, 7) is 1.60. The van der Waals surface area contributed by atoms with Crippen molar-refractivity contribution < 1.29 is 27.5 Å². The summed E-state index contributed by atoms with van der Waals surface area (Å²) in [5.74, 6) is -0.442. The van der Waals surface area contributed by atoms with Gasteiger partial charge in [-0.05, 0) is 44.0 Å². The van der Waals surface area contributed by atoms with Crippen LogP contribution >= 0.6 is 0 Å². The molecule has 1 fully saturated rings. The summed E-state index contributed by atoms with van der Waals surface area (Å²) in [5.41, 5.74) is 0. The smallest absolute Gasteiger partial charge is 0.309 e. The first-order valence-corrected chi connectivity index (χ1v) is 9.09. The van der Waals surface area contributed by atoms with Crippen LogP contribution in [0.3, 0.4) is 0 Å². The molecule has 7 nitrogen and oxygen atoms in total. The lowest BCUT2D eigenvalue weighted by Gasteiger charge is -2.30. The Morgan fingerprint density at radius 3 is 2.25 bits per heavy atom. The highest BCUT2D eigenvalue weighted by atomic mass is 32.2. The third-order valence-electron chi connectivity index (χ3n) is 3.90. The fraction of sp³-hybridized carbons (Fsp3) is 0.500. The summed E-state index contributed by atoms with van der Waals surface area (Å²) >= 11 is 0. The average Bonchev–Trinajstić information content (AvgIpc) is 2.59. The molecule has 1 aromatic carbocycles. The number of carbonyl (C=O) groups excluding carboxylic acids is 2. The number of piperidine rings is 1. The van der Waals surface area contributed by atoms with Crippen molar-refractivity contribution in [2.24, 2.45) is 5.92 Å². The van der Waals surface area contributed by atoms with Crippen LogP contribution in [0.25, 0.3) is 0 Å². The summed E-state index contributed by atoms with van der Waals surface area (Å²) in [5, 5.41) is 0. The molecule has 1 saturated heterocycles. The van der Waals surface area contributed by atoms with Crippen molar-refractivity contribution in [1.29, 1.82) is 0 Å². The molecule has 1 aliphatic heterocycles. The lowest BCUT2D eigenvalue weighted by atomic mass is 9.98. The number of esters is 1. The number of ketones is 1. The molecule has 1 aliphatic rings. The van der Waals surface area contributed by atoms with Crippen LogP contribution in [0.4, 0.5) is 0 Å². The monoisotopic (exact) mass is 355 g/mol. The van der Waals surface area contributed by atoms with E-state index in [2.05, 4.69) is 0 Å². The zero-order valence-corrected chi connectivity index (χ0v) is 14.5. The molecule has 0 aromatic heterocycles. The van der Waals surface area contributed by atoms with Gasteiger partial charge in [0.25, 0.3) is 0 Å². The third-order valence-corrected chi connectivity index (χ3v) is 5.82. The molecule has 1 aromatic rings. The van der Waals surface area contributed by atoms with E-state index in [1.807, 2.05) is 0 Å². The standard InChI is InChI=1S/C16H21NO6S/c1-12(18)11-23-16(19)13-7-9-17(10-8-13)24(20,21)15-5-3-14(22-2)4-6-15/h3-6,13H,7-11H2,1-2H3. The molecule has 0 amide bonds. The minimum Gasteiger partial charge on any atom is -0.497 e. The average molecular weight is 355 g/mol. The predicted octanol–water partition coefficient (Wildman–Crippen LogP) is 1.23. The molecule has 0 radical (unpaired) electrons. The lowest BCUT2D eigenvalue weighted by molar-refractivity contribution is -0.152. The van der Waals surface area contributed by atoms with Crippen molar-refractivity contribution >= 4 is 21.8 Å². The largest absolute Gasteiger partial charge is 0.497 e. The zero-order chi connectivity index (χ0) is 17.7. The van der Waals surface area contributed by atoms with Crippen LogP contribution < -0.4 is 4.74 Å². The molecule has 0 saturated carbocycles. The van der Waals surface area contributed by atoms with E-state index in [1.54, 1.807) is 12.1 Å². The molecule has 0 atom stereocenters. The van der Waals surface area contributed by atoms with Gasteiger partial charge in [-0.1, -0.05) is 0 Å². The van der Waals surface area contributed by atoms with Crippen molar-refractivity contribution in [1.82, 2.24) is 4.31 Å². The number of benzene rings is 1. The van der Waals surface area contributed by atoms with Crippen LogP contribution in [-0.4, -0.2) is 51.3 Å². The van der Waals surface area contributed by atoms with Crippen molar-refractivity contribution in [3.63, 3.8) is 0 Å². The SMILES string of the molecule is COc1ccc(S(=O)(=O)N2CCC(C(=O)OCC(C)=O)CC2)cc1. The number of rotatable bonds is 6. The summed E-state index contributed by atoms with van der Waals surface area (Å²) in [7, 11) is -2.08. The molecule has 0 N–H and O–H groups in total. The van der Waals surface area contributed by atoms with Crippen LogP contribution in [0, 0.1) is 5.92 Å². The van der Waals surface area contributed by atoms with Gasteiger partial charge in [-0.3, -0.25) is 9.59 Å². The van der Waals surface area contributed by atoms with Gasteiger partial charge in [0.1, 0.15) is 12.4 Å². The highest BCUT2D eigenvalue weighted by Gasteiger charge is 2.32. The maximum absolute atomic E-state index is 12.6. The quantitative estimate of drug-likeness (QED) is 0.713. The Kier molecular flexibility index (Phi) is 5.95. The Morgan fingerprint density at radius 2 is 1.75 bits per heavy atom. The Bertz CT molecular complexity index is 690. The molecule has 1 heterocycles. The minimum atomic E-state index is -3.59. The summed E-state index contributed by atoms with van der Waals surface area (Å²) in [4.78, 5) is 22.9. The molecule has 24 heavy (non-hydrogen) atoms.